The minimum atomic E-state index is -1.02. The number of hydrogen-bond donors (Lipinski definition) is 2. The van der Waals surface area contributed by atoms with Crippen molar-refractivity contribution >= 4 is 23.5 Å². The van der Waals surface area contributed by atoms with Crippen LogP contribution in [0.25, 0.3) is 0 Å². The molecule has 0 radical (unpaired) electrons. The highest BCUT2D eigenvalue weighted by atomic mass is 35.5. The Bertz CT molecular complexity index is 196. The molecule has 0 heterocycles. The zero-order chi connectivity index (χ0) is 10.4. The van der Waals surface area contributed by atoms with E-state index in [-0.39, 0.29) is 11.8 Å². The molecule has 4 nitrogen and oxygen atoms in total. The third kappa shape index (κ3) is 4.12. The number of rotatable bonds is 5. The molecule has 5 heteroatoms. The van der Waals surface area contributed by atoms with Gasteiger partial charge in [0.15, 0.2) is 0 Å². The van der Waals surface area contributed by atoms with Crippen molar-refractivity contribution in [1.82, 2.24) is 5.32 Å². The molecule has 0 aromatic rings. The maximum atomic E-state index is 10.8. The van der Waals surface area contributed by atoms with Gasteiger partial charge in [0.1, 0.15) is 11.9 Å². The number of halogens is 1. The smallest absolute Gasteiger partial charge is 0.326 e. The van der Waals surface area contributed by atoms with Gasteiger partial charge in [0.05, 0.1) is 0 Å². The Morgan fingerprint density at radius 3 is 2.38 bits per heavy atom. The van der Waals surface area contributed by atoms with Gasteiger partial charge in [0.2, 0.25) is 5.91 Å². The Kier molecular flexibility index (Phi) is 5.46. The van der Waals surface area contributed by atoms with Crippen LogP contribution in [0.3, 0.4) is 0 Å². The molecule has 0 saturated heterocycles. The van der Waals surface area contributed by atoms with Gasteiger partial charge in [-0.25, -0.2) is 4.79 Å². The second kappa shape index (κ2) is 5.80. The van der Waals surface area contributed by atoms with Gasteiger partial charge in [-0.2, -0.15) is 0 Å². The fourth-order valence-electron chi connectivity index (χ4n) is 0.895. The van der Waals surface area contributed by atoms with Gasteiger partial charge < -0.3 is 10.4 Å². The number of nitrogens with one attached hydrogen (secondary N) is 1. The highest BCUT2D eigenvalue weighted by Crippen LogP contribution is 2.07. The summed E-state index contributed by atoms with van der Waals surface area (Å²) in [7, 11) is 0. The van der Waals surface area contributed by atoms with E-state index >= 15 is 0 Å². The molecule has 2 atom stereocenters. The molecule has 0 aliphatic carbocycles. The fraction of sp³-hybridized carbons (Fsp3) is 0.750. The highest BCUT2D eigenvalue weighted by Gasteiger charge is 2.24. The number of alkyl halides is 1. The molecule has 0 bridgehead atoms. The minimum absolute atomic E-state index is 0.0929. The van der Waals surface area contributed by atoms with Gasteiger partial charge >= 0.3 is 5.97 Å². The van der Waals surface area contributed by atoms with E-state index in [2.05, 4.69) is 5.32 Å². The summed E-state index contributed by atoms with van der Waals surface area (Å²) >= 11 is 5.24. The first-order chi connectivity index (χ1) is 6.02. The first kappa shape index (κ1) is 12.2. The molecule has 0 aliphatic heterocycles. The third-order valence-electron chi connectivity index (χ3n) is 1.92. The molecule has 0 aromatic carbocycles. The first-order valence-electron chi connectivity index (χ1n) is 4.11. The lowest BCUT2D eigenvalue weighted by molar-refractivity contribution is -0.143. The lowest BCUT2D eigenvalue weighted by Gasteiger charge is -2.19. The number of amides is 1. The molecule has 0 unspecified atom stereocenters. The van der Waals surface area contributed by atoms with E-state index < -0.39 is 17.9 Å². The summed E-state index contributed by atoms with van der Waals surface area (Å²) in [4.78, 5) is 21.5. The molecular formula is C8H14ClNO3. The lowest BCUT2D eigenvalue weighted by atomic mass is 9.99. The van der Waals surface area contributed by atoms with Crippen molar-refractivity contribution in [2.24, 2.45) is 5.92 Å². The monoisotopic (exact) mass is 207 g/mol. The number of carbonyl (C=O) groups excluding carboxylic acids is 1. The topological polar surface area (TPSA) is 66.4 Å². The quantitative estimate of drug-likeness (QED) is 0.657. The molecule has 0 fully saturated rings. The highest BCUT2D eigenvalue weighted by molar-refractivity contribution is 6.27. The molecule has 0 rings (SSSR count). The molecule has 0 saturated carbocycles. The molecule has 13 heavy (non-hydrogen) atoms. The molecule has 0 aliphatic rings. The van der Waals surface area contributed by atoms with Crippen LogP contribution in [-0.2, 0) is 9.59 Å². The van der Waals surface area contributed by atoms with Crippen molar-refractivity contribution in [2.45, 2.75) is 26.3 Å². The van der Waals surface area contributed by atoms with Crippen molar-refractivity contribution in [3.63, 3.8) is 0 Å². The fourth-order valence-corrected chi connectivity index (χ4v) is 0.972. The van der Waals surface area contributed by atoms with Crippen molar-refractivity contribution in [3.05, 3.63) is 0 Å². The van der Waals surface area contributed by atoms with Crippen molar-refractivity contribution in [3.8, 4) is 0 Å². The summed E-state index contributed by atoms with van der Waals surface area (Å²) in [5, 5.41) is 11.1. The Balaban J connectivity index is 4.26. The standard InChI is InChI=1S/C8H14ClNO3/c1-3-5(2)7(8(12)13)10-6(11)4-9/h5,7H,3-4H2,1-2H3,(H,10,11)(H,12,13)/t5-,7+/m0/s1. The zero-order valence-electron chi connectivity index (χ0n) is 7.71. The van der Waals surface area contributed by atoms with Crippen LogP contribution >= 0.6 is 11.6 Å². The van der Waals surface area contributed by atoms with Crippen LogP contribution in [0.5, 0.6) is 0 Å². The third-order valence-corrected chi connectivity index (χ3v) is 2.16. The van der Waals surface area contributed by atoms with Crippen LogP contribution in [0.2, 0.25) is 0 Å². The average molecular weight is 208 g/mol. The summed E-state index contributed by atoms with van der Waals surface area (Å²) in [6, 6.07) is -0.837. The van der Waals surface area contributed by atoms with E-state index in [9.17, 15) is 9.59 Å². The van der Waals surface area contributed by atoms with E-state index in [0.717, 1.165) is 0 Å². The molecule has 1 amide bonds. The Morgan fingerprint density at radius 1 is 1.54 bits per heavy atom. The number of carboxylic acids is 1. The van der Waals surface area contributed by atoms with Crippen LogP contribution in [0.15, 0.2) is 0 Å². The molecule has 0 spiro atoms. The van der Waals surface area contributed by atoms with Gasteiger partial charge in [-0.1, -0.05) is 20.3 Å². The van der Waals surface area contributed by atoms with Crippen molar-refractivity contribution < 1.29 is 14.7 Å². The minimum Gasteiger partial charge on any atom is -0.480 e. The van der Waals surface area contributed by atoms with Crippen LogP contribution in [-0.4, -0.2) is 28.9 Å². The summed E-state index contributed by atoms with van der Waals surface area (Å²) < 4.78 is 0. The summed E-state index contributed by atoms with van der Waals surface area (Å²) in [5.74, 6) is -1.77. The number of aliphatic carboxylic acids is 1. The Morgan fingerprint density at radius 2 is 2.08 bits per heavy atom. The second-order valence-electron chi connectivity index (χ2n) is 2.90. The van der Waals surface area contributed by atoms with E-state index in [4.69, 9.17) is 16.7 Å². The van der Waals surface area contributed by atoms with Gasteiger partial charge in [-0.05, 0) is 5.92 Å². The molecule has 0 aromatic heterocycles. The largest absolute Gasteiger partial charge is 0.480 e. The SMILES string of the molecule is CC[C@H](C)[C@@H](NC(=O)CCl)C(=O)O. The average Bonchev–Trinajstić information content (AvgIpc) is 2.11. The van der Waals surface area contributed by atoms with Crippen LogP contribution in [0, 0.1) is 5.92 Å². The Labute approximate surface area is 82.3 Å². The maximum absolute atomic E-state index is 10.8. The summed E-state index contributed by atoms with van der Waals surface area (Å²) in [6.45, 7) is 3.64. The predicted molar refractivity (Wildman–Crippen MR) is 49.7 cm³/mol. The summed E-state index contributed by atoms with van der Waals surface area (Å²) in [6.07, 6.45) is 0.694. The van der Waals surface area contributed by atoms with Gasteiger partial charge in [-0.15, -0.1) is 11.6 Å². The van der Waals surface area contributed by atoms with E-state index in [1.54, 1.807) is 6.92 Å². The van der Waals surface area contributed by atoms with Crippen LogP contribution in [0.4, 0.5) is 0 Å². The molecule has 76 valence electrons. The number of carbonyl (C=O) groups is 2. The second-order valence-corrected chi connectivity index (χ2v) is 3.17. The van der Waals surface area contributed by atoms with Crippen LogP contribution < -0.4 is 5.32 Å². The Hall–Kier alpha value is -0.770. The maximum Gasteiger partial charge on any atom is 0.326 e. The molecule has 2 N–H and O–H groups in total. The van der Waals surface area contributed by atoms with E-state index in [1.165, 1.54) is 0 Å². The summed E-state index contributed by atoms with van der Waals surface area (Å²) in [5.41, 5.74) is 0. The van der Waals surface area contributed by atoms with Crippen molar-refractivity contribution in [2.75, 3.05) is 5.88 Å². The predicted octanol–water partition coefficient (Wildman–Crippen LogP) is 0.841. The molecular weight excluding hydrogens is 194 g/mol. The van der Waals surface area contributed by atoms with E-state index in [0.29, 0.717) is 6.42 Å². The first-order valence-corrected chi connectivity index (χ1v) is 4.64. The zero-order valence-corrected chi connectivity index (χ0v) is 8.47. The van der Waals surface area contributed by atoms with Crippen LogP contribution in [0.1, 0.15) is 20.3 Å². The van der Waals surface area contributed by atoms with E-state index in [1.807, 2.05) is 6.92 Å². The normalized spacial score (nSPS) is 14.7. The number of carboxylic acid groups (broad SMARTS) is 1. The van der Waals surface area contributed by atoms with Gasteiger partial charge in [-0.3, -0.25) is 4.79 Å². The lowest BCUT2D eigenvalue weighted by Crippen LogP contribution is -2.45. The number of hydrogen-bond acceptors (Lipinski definition) is 2. The van der Waals surface area contributed by atoms with Gasteiger partial charge in [0.25, 0.3) is 0 Å². The van der Waals surface area contributed by atoms with Crippen molar-refractivity contribution in [1.29, 1.82) is 0 Å². The van der Waals surface area contributed by atoms with Gasteiger partial charge in [0, 0.05) is 0 Å².